The van der Waals surface area contributed by atoms with Crippen LogP contribution in [0.1, 0.15) is 53.9 Å². The van der Waals surface area contributed by atoms with Gasteiger partial charge in [-0.2, -0.15) is 0 Å². The molecule has 1 aromatic carbocycles. The number of aromatic nitrogens is 3. The van der Waals surface area contributed by atoms with Gasteiger partial charge in [-0.25, -0.2) is 0 Å². The average molecular weight is 578 g/mol. The van der Waals surface area contributed by atoms with Crippen molar-refractivity contribution >= 4 is 0 Å². The first-order valence-corrected chi connectivity index (χ1v) is 15.5. The quantitative estimate of drug-likeness (QED) is 0.0937. The highest BCUT2D eigenvalue weighted by atomic mass is 15.2. The molecule has 1 aliphatic rings. The number of allylic oxidation sites excluding steroid dienone is 1. The van der Waals surface area contributed by atoms with Crippen molar-refractivity contribution in [2.24, 2.45) is 0 Å². The van der Waals surface area contributed by atoms with Crippen LogP contribution in [0.2, 0.25) is 0 Å². The van der Waals surface area contributed by atoms with Gasteiger partial charge >= 0.3 is 0 Å². The Bertz CT molecular complexity index is 1300. The minimum absolute atomic E-state index is 0.764. The second kappa shape index (κ2) is 19.4. The minimum Gasteiger partial charge on any atom is -0.310 e. The summed E-state index contributed by atoms with van der Waals surface area (Å²) in [5.74, 6) is 0. The predicted octanol–water partition coefficient (Wildman–Crippen LogP) is 5.80. The van der Waals surface area contributed by atoms with Gasteiger partial charge in [0.2, 0.25) is 0 Å². The number of benzene rings is 1. The number of aryl methyl sites for hydroxylation is 1. The Labute approximate surface area is 257 Å². The van der Waals surface area contributed by atoms with E-state index in [1.54, 1.807) is 11.8 Å². The summed E-state index contributed by atoms with van der Waals surface area (Å²) in [6.07, 6.45) is 13.1. The summed E-state index contributed by atoms with van der Waals surface area (Å²) < 4.78 is 0. The zero-order chi connectivity index (χ0) is 29.8. The van der Waals surface area contributed by atoms with Gasteiger partial charge in [-0.15, -0.1) is 0 Å². The molecule has 0 unspecified atom stereocenters. The molecule has 1 aliphatic carbocycles. The van der Waals surface area contributed by atoms with Gasteiger partial charge in [-0.05, 0) is 80.1 Å². The Balaban J connectivity index is 0.000000530. The highest BCUT2D eigenvalue weighted by Crippen LogP contribution is 2.16. The van der Waals surface area contributed by atoms with E-state index in [2.05, 4.69) is 78.3 Å². The molecule has 0 fully saturated rings. The molecule has 3 heterocycles. The van der Waals surface area contributed by atoms with Crippen molar-refractivity contribution in [1.82, 2.24) is 35.8 Å². The lowest BCUT2D eigenvalue weighted by Crippen LogP contribution is -2.38. The smallest absolute Gasteiger partial charge is 0.0542 e. The normalized spacial score (nSPS) is 12.8. The summed E-state index contributed by atoms with van der Waals surface area (Å²) in [5.41, 5.74) is 7.45. The predicted molar refractivity (Wildman–Crippen MR) is 176 cm³/mol. The number of pyridine rings is 3. The summed E-state index contributed by atoms with van der Waals surface area (Å²) in [6, 6.07) is 27.0. The zero-order valence-electron chi connectivity index (χ0n) is 25.6. The number of hydrogen-bond donors (Lipinski definition) is 3. The molecule has 7 heteroatoms. The lowest BCUT2D eigenvalue weighted by Gasteiger charge is -2.23. The molecule has 7 nitrogen and oxygen atoms in total. The van der Waals surface area contributed by atoms with Crippen molar-refractivity contribution in [2.75, 3.05) is 26.3 Å². The summed E-state index contributed by atoms with van der Waals surface area (Å²) in [5, 5.41) is 10.7. The molecule has 0 saturated heterocycles. The molecule has 43 heavy (non-hydrogen) atoms. The van der Waals surface area contributed by atoms with Crippen LogP contribution in [0.25, 0.3) is 0 Å². The van der Waals surface area contributed by atoms with E-state index in [9.17, 15) is 0 Å². The molecular weight excluding hydrogens is 530 g/mol. The van der Waals surface area contributed by atoms with Crippen molar-refractivity contribution in [3.05, 3.63) is 137 Å². The molecule has 0 atom stereocenters. The van der Waals surface area contributed by atoms with Crippen LogP contribution < -0.4 is 16.0 Å². The van der Waals surface area contributed by atoms with E-state index in [0.29, 0.717) is 0 Å². The third kappa shape index (κ3) is 13.4. The van der Waals surface area contributed by atoms with Gasteiger partial charge in [0.1, 0.15) is 0 Å². The SMILES string of the molecule is C1=C(CNCc2ccc(CN(CCNCc3ccccn3)CNCc3ccccn3)cc2)CCCC1.Cc1ccccn1. The number of hydrogen-bond acceptors (Lipinski definition) is 7. The van der Waals surface area contributed by atoms with Gasteiger partial charge in [-0.3, -0.25) is 25.2 Å². The van der Waals surface area contributed by atoms with Gasteiger partial charge in [-0.1, -0.05) is 54.1 Å². The maximum Gasteiger partial charge on any atom is 0.0542 e. The van der Waals surface area contributed by atoms with E-state index in [0.717, 1.165) is 69.6 Å². The summed E-state index contributed by atoms with van der Waals surface area (Å²) in [7, 11) is 0. The van der Waals surface area contributed by atoms with Crippen LogP contribution >= 0.6 is 0 Å². The van der Waals surface area contributed by atoms with Crippen LogP contribution in [0.4, 0.5) is 0 Å². The fourth-order valence-corrected chi connectivity index (χ4v) is 4.92. The van der Waals surface area contributed by atoms with Crippen LogP contribution in [-0.4, -0.2) is 46.2 Å². The molecule has 3 aromatic heterocycles. The summed E-state index contributed by atoms with van der Waals surface area (Å²) in [4.78, 5) is 15.2. The molecule has 0 saturated carbocycles. The third-order valence-corrected chi connectivity index (χ3v) is 7.31. The standard InChI is InChI=1S/C30H40N6.C6H7N/c1-2-8-26(9-3-1)20-32-21-27-12-14-28(15-13-27)24-36(25-33-23-30-11-5-7-17-35-30)19-18-31-22-29-10-4-6-16-34-29;1-6-4-2-3-5-7-6/h4-8,10-17,31-33H,1-3,9,18-25H2;2-5H,1H3. The molecule has 0 bridgehead atoms. The molecule has 0 amide bonds. The molecule has 0 spiro atoms. The molecule has 3 N–H and O–H groups in total. The highest BCUT2D eigenvalue weighted by molar-refractivity contribution is 5.23. The van der Waals surface area contributed by atoms with Crippen LogP contribution in [0.5, 0.6) is 0 Å². The molecule has 226 valence electrons. The largest absolute Gasteiger partial charge is 0.310 e. The maximum absolute atomic E-state index is 4.42. The monoisotopic (exact) mass is 577 g/mol. The maximum atomic E-state index is 4.42. The first-order valence-electron chi connectivity index (χ1n) is 15.5. The van der Waals surface area contributed by atoms with Crippen LogP contribution in [0.15, 0.2) is 109 Å². The fourth-order valence-electron chi connectivity index (χ4n) is 4.92. The van der Waals surface area contributed by atoms with E-state index < -0.39 is 0 Å². The zero-order valence-corrected chi connectivity index (χ0v) is 25.6. The van der Waals surface area contributed by atoms with Crippen molar-refractivity contribution in [1.29, 1.82) is 0 Å². The molecule has 5 rings (SSSR count). The summed E-state index contributed by atoms with van der Waals surface area (Å²) in [6.45, 7) is 9.02. The Kier molecular flexibility index (Phi) is 14.5. The van der Waals surface area contributed by atoms with Crippen molar-refractivity contribution < 1.29 is 0 Å². The highest BCUT2D eigenvalue weighted by Gasteiger charge is 2.08. The topological polar surface area (TPSA) is 78.0 Å². The summed E-state index contributed by atoms with van der Waals surface area (Å²) >= 11 is 0. The van der Waals surface area contributed by atoms with Gasteiger partial charge in [0.25, 0.3) is 0 Å². The Morgan fingerprint density at radius 1 is 0.651 bits per heavy atom. The first-order chi connectivity index (χ1) is 21.2. The number of nitrogens with one attached hydrogen (secondary N) is 3. The van der Waals surface area contributed by atoms with Crippen molar-refractivity contribution in [2.45, 2.75) is 58.8 Å². The van der Waals surface area contributed by atoms with Gasteiger partial charge in [0.15, 0.2) is 0 Å². The van der Waals surface area contributed by atoms with Crippen LogP contribution in [-0.2, 0) is 26.2 Å². The Morgan fingerprint density at radius 2 is 1.33 bits per heavy atom. The second-order valence-corrected chi connectivity index (χ2v) is 11.0. The number of rotatable bonds is 15. The Morgan fingerprint density at radius 3 is 1.91 bits per heavy atom. The Hall–Kier alpha value is -3.75. The van der Waals surface area contributed by atoms with E-state index >= 15 is 0 Å². The van der Waals surface area contributed by atoms with E-state index in [1.165, 1.54) is 36.8 Å². The lowest BCUT2D eigenvalue weighted by atomic mass is 10.00. The van der Waals surface area contributed by atoms with Gasteiger partial charge in [0, 0.05) is 76.8 Å². The van der Waals surface area contributed by atoms with Gasteiger partial charge in [0.05, 0.1) is 11.4 Å². The molecule has 4 aromatic rings. The van der Waals surface area contributed by atoms with E-state index in [1.807, 2.05) is 61.8 Å². The first kappa shape index (κ1) is 32.2. The average Bonchev–Trinajstić information content (AvgIpc) is 3.06. The molecular formula is C36H47N7. The number of nitrogens with zero attached hydrogens (tertiary/aromatic N) is 4. The van der Waals surface area contributed by atoms with Crippen molar-refractivity contribution in [3.8, 4) is 0 Å². The van der Waals surface area contributed by atoms with E-state index in [4.69, 9.17) is 0 Å². The van der Waals surface area contributed by atoms with Crippen LogP contribution in [0.3, 0.4) is 0 Å². The van der Waals surface area contributed by atoms with E-state index in [-0.39, 0.29) is 0 Å². The lowest BCUT2D eigenvalue weighted by molar-refractivity contribution is 0.242. The minimum atomic E-state index is 0.764. The van der Waals surface area contributed by atoms with Crippen molar-refractivity contribution in [3.63, 3.8) is 0 Å². The second-order valence-electron chi connectivity index (χ2n) is 11.0. The molecule has 0 aliphatic heterocycles. The molecule has 0 radical (unpaired) electrons. The van der Waals surface area contributed by atoms with Gasteiger partial charge < -0.3 is 10.6 Å². The third-order valence-electron chi connectivity index (χ3n) is 7.31. The fraction of sp³-hybridized carbons (Fsp3) is 0.361. The van der Waals surface area contributed by atoms with Crippen LogP contribution in [0, 0.1) is 6.92 Å².